The summed E-state index contributed by atoms with van der Waals surface area (Å²) in [6.07, 6.45) is 6.20. The van der Waals surface area contributed by atoms with Gasteiger partial charge in [0, 0.05) is 24.0 Å². The van der Waals surface area contributed by atoms with Crippen LogP contribution in [0.3, 0.4) is 0 Å². The maximum absolute atomic E-state index is 13.0. The summed E-state index contributed by atoms with van der Waals surface area (Å²) < 4.78 is 34.1. The lowest BCUT2D eigenvalue weighted by Crippen LogP contribution is -2.31. The molecule has 4 aromatic rings. The predicted molar refractivity (Wildman–Crippen MR) is 181 cm³/mol. The van der Waals surface area contributed by atoms with E-state index in [4.69, 9.17) is 4.74 Å². The van der Waals surface area contributed by atoms with Crippen LogP contribution in [0.4, 0.5) is 16.2 Å². The monoisotopic (exact) mass is 626 g/mol. The number of fused-ring (bicyclic) bond motifs is 1. The Bertz CT molecular complexity index is 1670. The average molecular weight is 627 g/mol. The summed E-state index contributed by atoms with van der Waals surface area (Å²) >= 11 is 0. The first-order valence-corrected chi connectivity index (χ1v) is 17.1. The molecular weight excluding hydrogens is 584 g/mol. The number of sulfonamides is 1. The molecule has 0 radical (unpaired) electrons. The highest BCUT2D eigenvalue weighted by molar-refractivity contribution is 7.92. The molecule has 5 rings (SSSR count). The molecule has 8 nitrogen and oxygen atoms in total. The second-order valence-electron chi connectivity index (χ2n) is 11.4. The second-order valence-corrected chi connectivity index (χ2v) is 13.1. The Morgan fingerprint density at radius 2 is 1.56 bits per heavy atom. The molecule has 0 bridgehead atoms. The highest BCUT2D eigenvalue weighted by atomic mass is 32.2. The summed E-state index contributed by atoms with van der Waals surface area (Å²) in [6, 6.07) is 28.2. The summed E-state index contributed by atoms with van der Waals surface area (Å²) in [7, 11) is -2.10. The molecule has 0 spiro atoms. The van der Waals surface area contributed by atoms with Crippen molar-refractivity contribution in [2.45, 2.75) is 56.4 Å². The van der Waals surface area contributed by atoms with E-state index in [1.165, 1.54) is 28.8 Å². The third-order valence-corrected chi connectivity index (χ3v) is 9.51. The van der Waals surface area contributed by atoms with Gasteiger partial charge >= 0.3 is 6.03 Å². The number of ether oxygens (including phenoxy) is 1. The van der Waals surface area contributed by atoms with Crippen LogP contribution in [0.2, 0.25) is 0 Å². The van der Waals surface area contributed by atoms with E-state index in [1.54, 1.807) is 31.4 Å². The van der Waals surface area contributed by atoms with Crippen molar-refractivity contribution in [3.63, 3.8) is 0 Å². The third-order valence-electron chi connectivity index (χ3n) is 8.12. The molecule has 0 saturated carbocycles. The highest BCUT2D eigenvalue weighted by Gasteiger charge is 2.21. The number of unbranched alkanes of at least 4 members (excludes halogenated alkanes) is 3. The van der Waals surface area contributed by atoms with Gasteiger partial charge < -0.3 is 20.7 Å². The maximum Gasteiger partial charge on any atom is 0.319 e. The number of carbonyl (C=O) groups excluding carboxylic acids is 1. The van der Waals surface area contributed by atoms with Crippen LogP contribution in [0.1, 0.15) is 55.3 Å². The van der Waals surface area contributed by atoms with Gasteiger partial charge in [-0.25, -0.2) is 13.2 Å². The zero-order valence-corrected chi connectivity index (χ0v) is 26.8. The molecule has 1 atom stereocenters. The van der Waals surface area contributed by atoms with Gasteiger partial charge in [-0.3, -0.25) is 4.72 Å². The summed E-state index contributed by atoms with van der Waals surface area (Å²) in [5.41, 5.74) is 6.95. The lowest BCUT2D eigenvalue weighted by Gasteiger charge is -2.27. The normalized spacial score (nSPS) is 14.3. The van der Waals surface area contributed by atoms with Crippen molar-refractivity contribution >= 4 is 27.4 Å². The first kappa shape index (κ1) is 32.1. The Morgan fingerprint density at radius 1 is 0.867 bits per heavy atom. The molecule has 0 fully saturated rings. The lowest BCUT2D eigenvalue weighted by molar-refractivity contribution is 0.252. The molecule has 1 heterocycles. The number of carbonyl (C=O) groups is 1. The number of hydrogen-bond donors (Lipinski definition) is 4. The molecule has 1 aliphatic rings. The Hall–Kier alpha value is -4.34. The second kappa shape index (κ2) is 15.1. The maximum atomic E-state index is 13.0. The van der Waals surface area contributed by atoms with Crippen LogP contribution in [0, 0.1) is 0 Å². The van der Waals surface area contributed by atoms with Crippen molar-refractivity contribution in [2.24, 2.45) is 0 Å². The average Bonchev–Trinajstić information content (AvgIpc) is 3.05. The van der Waals surface area contributed by atoms with E-state index >= 15 is 0 Å². The number of methoxy groups -OCH3 is 1. The molecule has 236 valence electrons. The molecule has 45 heavy (non-hydrogen) atoms. The molecule has 4 aromatic carbocycles. The van der Waals surface area contributed by atoms with Crippen molar-refractivity contribution in [3.8, 4) is 16.9 Å². The molecular formula is C36H42N4O4S. The third kappa shape index (κ3) is 8.65. The smallest absolute Gasteiger partial charge is 0.319 e. The lowest BCUT2D eigenvalue weighted by atomic mass is 9.90. The first-order valence-electron chi connectivity index (χ1n) is 15.6. The number of amides is 2. The SMILES string of the molecule is CCCCCCNC(=O)Nc1ccc(S(=O)(=O)Nc2ccc(-c3ccc(CC4NCCc5ccc(OC)cc54)cc3)cc2)cc1. The van der Waals surface area contributed by atoms with Gasteiger partial charge in [-0.2, -0.15) is 0 Å². The van der Waals surface area contributed by atoms with Crippen molar-refractivity contribution < 1.29 is 17.9 Å². The topological polar surface area (TPSA) is 109 Å². The highest BCUT2D eigenvalue weighted by Crippen LogP contribution is 2.30. The minimum atomic E-state index is -3.80. The van der Waals surface area contributed by atoms with E-state index in [0.717, 1.165) is 61.9 Å². The number of urea groups is 1. The van der Waals surface area contributed by atoms with Crippen LogP contribution in [-0.4, -0.2) is 34.6 Å². The van der Waals surface area contributed by atoms with Crippen molar-refractivity contribution in [3.05, 3.63) is 108 Å². The van der Waals surface area contributed by atoms with Crippen LogP contribution < -0.4 is 25.4 Å². The molecule has 9 heteroatoms. The van der Waals surface area contributed by atoms with Crippen LogP contribution in [0.25, 0.3) is 11.1 Å². The Morgan fingerprint density at radius 3 is 2.24 bits per heavy atom. The fourth-order valence-corrected chi connectivity index (χ4v) is 6.64. The molecule has 1 aliphatic heterocycles. The van der Waals surface area contributed by atoms with E-state index in [9.17, 15) is 13.2 Å². The number of rotatable bonds is 13. The van der Waals surface area contributed by atoms with Crippen LogP contribution in [0.15, 0.2) is 95.9 Å². The number of nitrogens with one attached hydrogen (secondary N) is 4. The van der Waals surface area contributed by atoms with Gasteiger partial charge in [0.05, 0.1) is 12.0 Å². The van der Waals surface area contributed by atoms with Gasteiger partial charge in [0.25, 0.3) is 10.0 Å². The summed E-state index contributed by atoms with van der Waals surface area (Å²) in [6.45, 7) is 3.71. The van der Waals surface area contributed by atoms with Gasteiger partial charge in [-0.05, 0) is 102 Å². The van der Waals surface area contributed by atoms with Crippen LogP contribution >= 0.6 is 0 Å². The van der Waals surface area contributed by atoms with Gasteiger partial charge in [-0.15, -0.1) is 0 Å². The van der Waals surface area contributed by atoms with Crippen LogP contribution in [0.5, 0.6) is 5.75 Å². The minimum Gasteiger partial charge on any atom is -0.497 e. The molecule has 4 N–H and O–H groups in total. The van der Waals surface area contributed by atoms with E-state index < -0.39 is 10.0 Å². The molecule has 0 saturated heterocycles. The standard InChI is InChI=1S/C36H42N4O4S/c1-3-4-5-6-22-38-36(41)39-30-16-19-33(20-17-30)45(42,43)40-31-14-11-28(12-15-31)27-9-7-26(8-10-27)24-35-34-25-32(44-2)18-13-29(34)21-23-37-35/h7-20,25,35,37,40H,3-6,21-24H2,1-2H3,(H2,38,39,41). The first-order chi connectivity index (χ1) is 21.8. The quantitative estimate of drug-likeness (QED) is 0.117. The largest absolute Gasteiger partial charge is 0.497 e. The van der Waals surface area contributed by atoms with E-state index in [0.29, 0.717) is 17.9 Å². The van der Waals surface area contributed by atoms with Crippen molar-refractivity contribution in [1.29, 1.82) is 0 Å². The summed E-state index contributed by atoms with van der Waals surface area (Å²) in [4.78, 5) is 12.2. The predicted octanol–water partition coefficient (Wildman–Crippen LogP) is 7.29. The Kier molecular flexibility index (Phi) is 10.8. The number of anilines is 2. The Balaban J connectivity index is 1.15. The minimum absolute atomic E-state index is 0.112. The summed E-state index contributed by atoms with van der Waals surface area (Å²) in [5.74, 6) is 0.878. The number of benzene rings is 4. The fraction of sp³-hybridized carbons (Fsp3) is 0.306. The number of hydrogen-bond acceptors (Lipinski definition) is 5. The van der Waals surface area contributed by atoms with Crippen molar-refractivity contribution in [1.82, 2.24) is 10.6 Å². The van der Waals surface area contributed by atoms with Gasteiger partial charge in [-0.1, -0.05) is 68.7 Å². The molecule has 0 aliphatic carbocycles. The molecule has 2 amide bonds. The Labute approximate surface area is 266 Å². The zero-order valence-electron chi connectivity index (χ0n) is 25.9. The van der Waals surface area contributed by atoms with Gasteiger partial charge in [0.1, 0.15) is 5.75 Å². The van der Waals surface area contributed by atoms with E-state index in [1.807, 2.05) is 18.2 Å². The van der Waals surface area contributed by atoms with E-state index in [-0.39, 0.29) is 17.0 Å². The van der Waals surface area contributed by atoms with Gasteiger partial charge in [0.15, 0.2) is 0 Å². The van der Waals surface area contributed by atoms with Crippen LogP contribution in [-0.2, 0) is 22.9 Å². The summed E-state index contributed by atoms with van der Waals surface area (Å²) in [5, 5.41) is 9.21. The molecule has 1 unspecified atom stereocenters. The van der Waals surface area contributed by atoms with E-state index in [2.05, 4.69) is 64.0 Å². The van der Waals surface area contributed by atoms with Crippen molar-refractivity contribution in [2.75, 3.05) is 30.2 Å². The fourth-order valence-electron chi connectivity index (χ4n) is 5.59. The zero-order chi connectivity index (χ0) is 31.6. The molecule has 0 aromatic heterocycles. The van der Waals surface area contributed by atoms with Gasteiger partial charge in [0.2, 0.25) is 0 Å².